The molecule has 1 N–H and O–H groups in total. The van der Waals surface area contributed by atoms with Crippen molar-refractivity contribution in [2.75, 3.05) is 31.6 Å². The number of carbonyl (C=O) groups excluding carboxylic acids is 1. The van der Waals surface area contributed by atoms with Crippen LogP contribution in [0.4, 0.5) is 5.69 Å². The summed E-state index contributed by atoms with van der Waals surface area (Å²) in [5.41, 5.74) is 4.43. The van der Waals surface area contributed by atoms with Crippen LogP contribution in [-0.4, -0.2) is 38.7 Å². The van der Waals surface area contributed by atoms with Crippen molar-refractivity contribution in [3.05, 3.63) is 59.2 Å². The fraction of sp³-hybridized carbons (Fsp3) is 0.409. The van der Waals surface area contributed by atoms with E-state index < -0.39 is 0 Å². The number of amides is 1. The number of likely N-dealkylation sites (tertiary alicyclic amines) is 1. The van der Waals surface area contributed by atoms with Gasteiger partial charge in [-0.3, -0.25) is 4.79 Å². The summed E-state index contributed by atoms with van der Waals surface area (Å²) in [5.74, 6) is 1.35. The van der Waals surface area contributed by atoms with Crippen LogP contribution in [0.25, 0.3) is 0 Å². The van der Waals surface area contributed by atoms with Crippen molar-refractivity contribution in [1.29, 1.82) is 0 Å². The van der Waals surface area contributed by atoms with Gasteiger partial charge in [0.25, 0.3) is 5.91 Å². The number of likely N-dealkylation sites (N-methyl/N-ethyl adjacent to an activating group) is 1. The Hall–Kier alpha value is -2.33. The maximum absolute atomic E-state index is 13.4. The summed E-state index contributed by atoms with van der Waals surface area (Å²) in [6.07, 6.45) is 1.05. The molecule has 0 spiro atoms. The highest BCUT2D eigenvalue weighted by Gasteiger charge is 2.45. The summed E-state index contributed by atoms with van der Waals surface area (Å²) in [6.45, 7) is 6.93. The Bertz CT molecular complexity index is 815. The van der Waals surface area contributed by atoms with Crippen LogP contribution in [0, 0.1) is 6.92 Å². The second kappa shape index (κ2) is 6.76. The number of hydrogen-bond donors (Lipinski definition) is 1. The molecule has 0 aromatic heterocycles. The van der Waals surface area contributed by atoms with Crippen molar-refractivity contribution in [2.45, 2.75) is 32.2 Å². The standard InChI is InChI=1S/C22H26N2O2/c1-4-26-17-8-6-16(7-9-17)22(25)24-20-10-5-15(2)13-18(20)19-14-23(3)12-11-21(19)24/h5-10,13,19,21H,4,11-12,14H2,1-3H3/p+1/t19-,21-/m1/s1. The Labute approximate surface area is 155 Å². The minimum absolute atomic E-state index is 0.102. The second-order valence-corrected chi connectivity index (χ2v) is 7.57. The Morgan fingerprint density at radius 1 is 1.23 bits per heavy atom. The van der Waals surface area contributed by atoms with Crippen molar-refractivity contribution in [1.82, 2.24) is 0 Å². The van der Waals surface area contributed by atoms with Gasteiger partial charge < -0.3 is 14.5 Å². The van der Waals surface area contributed by atoms with Gasteiger partial charge in [0.2, 0.25) is 0 Å². The fourth-order valence-electron chi connectivity index (χ4n) is 4.46. The van der Waals surface area contributed by atoms with E-state index in [0.29, 0.717) is 12.5 Å². The van der Waals surface area contributed by atoms with Gasteiger partial charge in [0.05, 0.1) is 38.7 Å². The van der Waals surface area contributed by atoms with Crippen LogP contribution < -0.4 is 14.5 Å². The van der Waals surface area contributed by atoms with Crippen molar-refractivity contribution in [2.24, 2.45) is 0 Å². The van der Waals surface area contributed by atoms with E-state index in [1.807, 2.05) is 31.2 Å². The average molecular weight is 351 g/mol. The first kappa shape index (κ1) is 17.1. The Balaban J connectivity index is 1.70. The van der Waals surface area contributed by atoms with Crippen LogP contribution >= 0.6 is 0 Å². The lowest BCUT2D eigenvalue weighted by molar-refractivity contribution is -0.886. The highest BCUT2D eigenvalue weighted by atomic mass is 16.5. The van der Waals surface area contributed by atoms with Gasteiger partial charge in [0, 0.05) is 17.7 Å². The lowest BCUT2D eigenvalue weighted by Gasteiger charge is -2.34. The number of nitrogens with zero attached hydrogens (tertiary/aromatic N) is 1. The molecule has 1 unspecified atom stereocenters. The molecule has 0 radical (unpaired) electrons. The summed E-state index contributed by atoms with van der Waals surface area (Å²) < 4.78 is 5.51. The second-order valence-electron chi connectivity index (χ2n) is 7.57. The molecule has 2 heterocycles. The first-order valence-electron chi connectivity index (χ1n) is 9.56. The van der Waals surface area contributed by atoms with Crippen molar-refractivity contribution < 1.29 is 14.4 Å². The SMILES string of the molecule is CCOc1ccc(C(=O)N2c3ccc(C)cc3[C@H]3C[NH+](C)CC[C@H]32)cc1. The van der Waals surface area contributed by atoms with Crippen molar-refractivity contribution in [3.63, 3.8) is 0 Å². The molecule has 1 saturated heterocycles. The minimum atomic E-state index is 0.102. The van der Waals surface area contributed by atoms with E-state index in [0.717, 1.165) is 36.5 Å². The smallest absolute Gasteiger partial charge is 0.258 e. The monoisotopic (exact) mass is 351 g/mol. The van der Waals surface area contributed by atoms with E-state index in [1.165, 1.54) is 11.1 Å². The maximum Gasteiger partial charge on any atom is 0.258 e. The number of hydrogen-bond acceptors (Lipinski definition) is 2. The van der Waals surface area contributed by atoms with E-state index in [1.54, 1.807) is 4.90 Å². The van der Waals surface area contributed by atoms with Crippen LogP contribution in [-0.2, 0) is 0 Å². The summed E-state index contributed by atoms with van der Waals surface area (Å²) in [4.78, 5) is 17.0. The predicted octanol–water partition coefficient (Wildman–Crippen LogP) is 2.42. The third kappa shape index (κ3) is 2.88. The average Bonchev–Trinajstić information content (AvgIpc) is 2.95. The van der Waals surface area contributed by atoms with Crippen LogP contribution in [0.3, 0.4) is 0 Å². The van der Waals surface area contributed by atoms with Gasteiger partial charge in [0.15, 0.2) is 0 Å². The van der Waals surface area contributed by atoms with E-state index in [9.17, 15) is 4.79 Å². The largest absolute Gasteiger partial charge is 0.494 e. The van der Waals surface area contributed by atoms with Gasteiger partial charge in [-0.25, -0.2) is 0 Å². The number of benzene rings is 2. The van der Waals surface area contributed by atoms with Crippen molar-refractivity contribution >= 4 is 11.6 Å². The number of rotatable bonds is 3. The normalized spacial score (nSPS) is 24.1. The first-order chi connectivity index (χ1) is 12.6. The van der Waals surface area contributed by atoms with E-state index in [-0.39, 0.29) is 11.9 Å². The molecule has 1 amide bonds. The zero-order valence-corrected chi connectivity index (χ0v) is 15.8. The lowest BCUT2D eigenvalue weighted by atomic mass is 9.88. The van der Waals surface area contributed by atoms with Gasteiger partial charge in [0.1, 0.15) is 5.75 Å². The van der Waals surface area contributed by atoms with Gasteiger partial charge in [-0.15, -0.1) is 0 Å². The highest BCUT2D eigenvalue weighted by Crippen LogP contribution is 2.43. The molecule has 0 bridgehead atoms. The topological polar surface area (TPSA) is 34.0 Å². The Morgan fingerprint density at radius 3 is 2.73 bits per heavy atom. The van der Waals surface area contributed by atoms with Crippen LogP contribution in [0.1, 0.15) is 40.7 Å². The molecule has 2 aromatic carbocycles. The zero-order chi connectivity index (χ0) is 18.3. The molecule has 4 nitrogen and oxygen atoms in total. The Kier molecular flexibility index (Phi) is 4.45. The molecule has 2 aromatic rings. The van der Waals surface area contributed by atoms with E-state index in [4.69, 9.17) is 4.74 Å². The van der Waals surface area contributed by atoms with Gasteiger partial charge in [-0.2, -0.15) is 0 Å². The quantitative estimate of drug-likeness (QED) is 0.922. The summed E-state index contributed by atoms with van der Waals surface area (Å²) in [7, 11) is 2.25. The van der Waals surface area contributed by atoms with Gasteiger partial charge in [-0.1, -0.05) is 17.7 Å². The molecular weight excluding hydrogens is 324 g/mol. The molecule has 0 saturated carbocycles. The summed E-state index contributed by atoms with van der Waals surface area (Å²) in [5, 5.41) is 0. The van der Waals surface area contributed by atoms with Crippen molar-refractivity contribution in [3.8, 4) is 5.75 Å². The number of fused-ring (bicyclic) bond motifs is 3. The summed E-state index contributed by atoms with van der Waals surface area (Å²) >= 11 is 0. The van der Waals surface area contributed by atoms with Crippen LogP contribution in [0.5, 0.6) is 5.75 Å². The third-order valence-electron chi connectivity index (χ3n) is 5.70. The highest BCUT2D eigenvalue weighted by molar-refractivity contribution is 6.08. The van der Waals surface area contributed by atoms with Crippen LogP contribution in [0.2, 0.25) is 0 Å². The number of nitrogens with one attached hydrogen (secondary N) is 1. The molecule has 2 aliphatic rings. The molecule has 4 heteroatoms. The molecule has 3 atom stereocenters. The lowest BCUT2D eigenvalue weighted by Crippen LogP contribution is -3.11. The fourth-order valence-corrected chi connectivity index (χ4v) is 4.46. The number of quaternary nitrogens is 1. The molecule has 0 aliphatic carbocycles. The molecule has 2 aliphatic heterocycles. The van der Waals surface area contributed by atoms with E-state index in [2.05, 4.69) is 37.1 Å². The van der Waals surface area contributed by atoms with Crippen LogP contribution in [0.15, 0.2) is 42.5 Å². The van der Waals surface area contributed by atoms with E-state index >= 15 is 0 Å². The first-order valence-corrected chi connectivity index (χ1v) is 9.56. The molecule has 4 rings (SSSR count). The molecule has 26 heavy (non-hydrogen) atoms. The van der Waals surface area contributed by atoms with Gasteiger partial charge in [-0.05, 0) is 49.7 Å². The number of aryl methyl sites for hydroxylation is 1. The number of carbonyl (C=O) groups is 1. The zero-order valence-electron chi connectivity index (χ0n) is 15.8. The number of ether oxygens (including phenoxy) is 1. The third-order valence-corrected chi connectivity index (χ3v) is 5.70. The minimum Gasteiger partial charge on any atom is -0.494 e. The Morgan fingerprint density at radius 2 is 2.00 bits per heavy atom. The number of anilines is 1. The molecule has 1 fully saturated rings. The van der Waals surface area contributed by atoms with Gasteiger partial charge >= 0.3 is 0 Å². The maximum atomic E-state index is 13.4. The summed E-state index contributed by atoms with van der Waals surface area (Å²) in [6, 6.07) is 14.3. The molecular formula is C22H27N2O2+. The predicted molar refractivity (Wildman–Crippen MR) is 103 cm³/mol. The molecule has 136 valence electrons. The number of piperidine rings is 1.